The van der Waals surface area contributed by atoms with Crippen LogP contribution in [0.25, 0.3) is 0 Å². The van der Waals surface area contributed by atoms with Crippen molar-refractivity contribution in [3.8, 4) is 5.75 Å². The van der Waals surface area contributed by atoms with E-state index in [1.165, 1.54) is 6.42 Å². The molecular weight excluding hydrogens is 280 g/mol. The van der Waals surface area contributed by atoms with Crippen molar-refractivity contribution in [1.29, 1.82) is 0 Å². The molecule has 114 valence electrons. The molecule has 1 aromatic heterocycles. The Morgan fingerprint density at radius 3 is 3.09 bits per heavy atom. The van der Waals surface area contributed by atoms with Gasteiger partial charge in [-0.05, 0) is 24.5 Å². The van der Waals surface area contributed by atoms with Crippen LogP contribution in [-0.2, 0) is 6.42 Å². The lowest BCUT2D eigenvalue weighted by molar-refractivity contribution is 0.262. The van der Waals surface area contributed by atoms with E-state index in [1.54, 1.807) is 0 Å². The van der Waals surface area contributed by atoms with E-state index in [9.17, 15) is 4.79 Å². The minimum Gasteiger partial charge on any atom is -0.493 e. The Morgan fingerprint density at radius 2 is 2.27 bits per heavy atom. The van der Waals surface area contributed by atoms with E-state index in [2.05, 4.69) is 27.8 Å². The number of hydrogen-bond donors (Lipinski definition) is 3. The Kier molecular flexibility index (Phi) is 3.03. The molecule has 2 amide bonds. The van der Waals surface area contributed by atoms with Gasteiger partial charge in [-0.15, -0.1) is 0 Å². The van der Waals surface area contributed by atoms with E-state index in [1.807, 2.05) is 24.3 Å². The van der Waals surface area contributed by atoms with E-state index in [0.717, 1.165) is 29.1 Å². The minimum absolute atomic E-state index is 0.290. The minimum atomic E-state index is -0.290. The van der Waals surface area contributed by atoms with Crippen molar-refractivity contribution in [2.24, 2.45) is 5.92 Å². The summed E-state index contributed by atoms with van der Waals surface area (Å²) in [5.41, 5.74) is 2.93. The first-order chi connectivity index (χ1) is 10.7. The van der Waals surface area contributed by atoms with E-state index in [-0.39, 0.29) is 6.03 Å². The average molecular weight is 298 g/mol. The number of carbonyl (C=O) groups is 1. The third-order valence-electron chi connectivity index (χ3n) is 4.34. The lowest BCUT2D eigenvalue weighted by atomic mass is 10.1. The molecule has 2 aliphatic rings. The van der Waals surface area contributed by atoms with E-state index < -0.39 is 0 Å². The molecule has 4 rings (SSSR count). The van der Waals surface area contributed by atoms with Crippen molar-refractivity contribution in [3.63, 3.8) is 0 Å². The van der Waals surface area contributed by atoms with Gasteiger partial charge in [-0.3, -0.25) is 10.4 Å². The van der Waals surface area contributed by atoms with E-state index in [4.69, 9.17) is 4.74 Å². The molecule has 0 spiro atoms. The second-order valence-electron chi connectivity index (χ2n) is 5.99. The molecule has 6 heteroatoms. The monoisotopic (exact) mass is 298 g/mol. The van der Waals surface area contributed by atoms with Gasteiger partial charge in [0.2, 0.25) is 0 Å². The van der Waals surface area contributed by atoms with Gasteiger partial charge < -0.3 is 10.1 Å². The number of H-pyrrole nitrogens is 1. The molecule has 0 saturated heterocycles. The maximum absolute atomic E-state index is 12.1. The van der Waals surface area contributed by atoms with Gasteiger partial charge in [-0.2, -0.15) is 5.10 Å². The number of urea groups is 1. The molecule has 6 nitrogen and oxygen atoms in total. The Balaban J connectivity index is 1.42. The third-order valence-corrected chi connectivity index (χ3v) is 4.34. The zero-order valence-electron chi connectivity index (χ0n) is 12.3. The highest BCUT2D eigenvalue weighted by molar-refractivity contribution is 5.99. The summed E-state index contributed by atoms with van der Waals surface area (Å²) in [6, 6.07) is 7.30. The largest absolute Gasteiger partial charge is 0.493 e. The van der Waals surface area contributed by atoms with Gasteiger partial charge in [0, 0.05) is 35.3 Å². The summed E-state index contributed by atoms with van der Waals surface area (Å²) >= 11 is 0. The molecule has 3 N–H and O–H groups in total. The van der Waals surface area contributed by atoms with Crippen LogP contribution in [0, 0.1) is 5.92 Å². The summed E-state index contributed by atoms with van der Waals surface area (Å²) in [5, 5.41) is 12.8. The smallest absolute Gasteiger partial charge is 0.324 e. The number of benzene rings is 1. The zero-order chi connectivity index (χ0) is 15.1. The Morgan fingerprint density at radius 1 is 1.41 bits per heavy atom. The van der Waals surface area contributed by atoms with Gasteiger partial charge >= 0.3 is 6.03 Å². The van der Waals surface area contributed by atoms with Crippen LogP contribution < -0.4 is 15.4 Å². The predicted octanol–water partition coefficient (Wildman–Crippen LogP) is 3.11. The first-order valence-electron chi connectivity index (χ1n) is 7.58. The van der Waals surface area contributed by atoms with Crippen LogP contribution in [0.4, 0.5) is 16.3 Å². The van der Waals surface area contributed by atoms with E-state index >= 15 is 0 Å². The van der Waals surface area contributed by atoms with Gasteiger partial charge in [-0.1, -0.05) is 13.0 Å². The highest BCUT2D eigenvalue weighted by atomic mass is 16.5. The maximum Gasteiger partial charge on any atom is 0.324 e. The van der Waals surface area contributed by atoms with Crippen molar-refractivity contribution >= 4 is 17.5 Å². The van der Waals surface area contributed by atoms with Gasteiger partial charge in [-0.25, -0.2) is 4.79 Å². The SMILES string of the molecule is CC1CC1c1cc(NC(=O)Nc2cccc3c2CCO3)n[nH]1. The number of rotatable bonds is 3. The highest BCUT2D eigenvalue weighted by Gasteiger charge is 2.35. The fraction of sp³-hybridized carbons (Fsp3) is 0.375. The highest BCUT2D eigenvalue weighted by Crippen LogP contribution is 2.46. The fourth-order valence-electron chi connectivity index (χ4n) is 2.95. The number of amides is 2. The number of ether oxygens (including phenoxy) is 1. The van der Waals surface area contributed by atoms with Crippen LogP contribution >= 0.6 is 0 Å². The number of nitrogens with one attached hydrogen (secondary N) is 3. The van der Waals surface area contributed by atoms with Gasteiger partial charge in [0.15, 0.2) is 5.82 Å². The van der Waals surface area contributed by atoms with Gasteiger partial charge in [0.25, 0.3) is 0 Å². The number of carbonyl (C=O) groups excluding carboxylic acids is 1. The van der Waals surface area contributed by atoms with Crippen LogP contribution in [0.5, 0.6) is 5.75 Å². The van der Waals surface area contributed by atoms with Crippen LogP contribution in [-0.4, -0.2) is 22.8 Å². The Labute approximate surface area is 128 Å². The molecule has 1 aliphatic carbocycles. The van der Waals surface area contributed by atoms with Crippen molar-refractivity contribution < 1.29 is 9.53 Å². The molecule has 2 unspecified atom stereocenters. The summed E-state index contributed by atoms with van der Waals surface area (Å²) < 4.78 is 5.50. The lowest BCUT2D eigenvalue weighted by Gasteiger charge is -2.09. The Bertz CT molecular complexity index is 725. The van der Waals surface area contributed by atoms with Crippen LogP contribution in [0.15, 0.2) is 24.3 Å². The standard InChI is InChI=1S/C16H18N4O2/c1-9-7-11(9)13-8-15(20-19-13)18-16(21)17-12-3-2-4-14-10(12)5-6-22-14/h2-4,8-9,11H,5-7H2,1H3,(H3,17,18,19,20,21). The normalized spacial score (nSPS) is 21.9. The molecule has 2 heterocycles. The quantitative estimate of drug-likeness (QED) is 0.814. The number of aromatic amines is 1. The summed E-state index contributed by atoms with van der Waals surface area (Å²) in [7, 11) is 0. The number of aromatic nitrogens is 2. The number of fused-ring (bicyclic) bond motifs is 1. The van der Waals surface area contributed by atoms with Gasteiger partial charge in [0.1, 0.15) is 5.75 Å². The first-order valence-corrected chi connectivity index (χ1v) is 7.58. The number of hydrogen-bond acceptors (Lipinski definition) is 3. The summed E-state index contributed by atoms with van der Waals surface area (Å²) in [4.78, 5) is 12.1. The molecule has 0 radical (unpaired) electrons. The molecule has 2 aromatic rings. The van der Waals surface area contributed by atoms with Crippen molar-refractivity contribution in [1.82, 2.24) is 10.2 Å². The van der Waals surface area contributed by atoms with Crippen molar-refractivity contribution in [3.05, 3.63) is 35.5 Å². The first kappa shape index (κ1) is 13.2. The van der Waals surface area contributed by atoms with Crippen molar-refractivity contribution in [2.75, 3.05) is 17.2 Å². The molecule has 22 heavy (non-hydrogen) atoms. The predicted molar refractivity (Wildman–Crippen MR) is 83.4 cm³/mol. The molecule has 1 fully saturated rings. The summed E-state index contributed by atoms with van der Waals surface area (Å²) in [5.74, 6) is 2.66. The molecular formula is C16H18N4O2. The lowest BCUT2D eigenvalue weighted by Crippen LogP contribution is -2.20. The number of nitrogens with zero attached hydrogens (tertiary/aromatic N) is 1. The second kappa shape index (κ2) is 5.05. The molecule has 1 saturated carbocycles. The van der Waals surface area contributed by atoms with Crippen molar-refractivity contribution in [2.45, 2.75) is 25.7 Å². The maximum atomic E-state index is 12.1. The summed E-state index contributed by atoms with van der Waals surface area (Å²) in [6.07, 6.45) is 2.00. The summed E-state index contributed by atoms with van der Waals surface area (Å²) in [6.45, 7) is 2.88. The van der Waals surface area contributed by atoms with Gasteiger partial charge in [0.05, 0.1) is 6.61 Å². The molecule has 0 bridgehead atoms. The van der Waals surface area contributed by atoms with E-state index in [0.29, 0.717) is 24.3 Å². The Hall–Kier alpha value is -2.50. The topological polar surface area (TPSA) is 79.0 Å². The van der Waals surface area contributed by atoms with Crippen LogP contribution in [0.1, 0.15) is 30.5 Å². The van der Waals surface area contributed by atoms with Crippen LogP contribution in [0.2, 0.25) is 0 Å². The fourth-order valence-corrected chi connectivity index (χ4v) is 2.95. The second-order valence-corrected chi connectivity index (χ2v) is 5.99. The zero-order valence-corrected chi connectivity index (χ0v) is 12.3. The average Bonchev–Trinajstić information content (AvgIpc) is 2.94. The molecule has 2 atom stereocenters. The molecule has 1 aromatic carbocycles. The molecule has 1 aliphatic heterocycles. The number of anilines is 2. The van der Waals surface area contributed by atoms with Crippen LogP contribution in [0.3, 0.4) is 0 Å². The third kappa shape index (κ3) is 2.41.